The molecule has 4 aliphatic carbocycles. The van der Waals surface area contributed by atoms with Gasteiger partial charge in [-0.25, -0.2) is 4.79 Å². The molecule has 46 heavy (non-hydrogen) atoms. The maximum atomic E-state index is 14.4. The molecule has 0 aromatic heterocycles. The highest BCUT2D eigenvalue weighted by Crippen LogP contribution is 2.65. The third kappa shape index (κ3) is 4.92. The summed E-state index contributed by atoms with van der Waals surface area (Å²) in [6.45, 7) is 8.50. The molecule has 1 amide bonds. The highest BCUT2D eigenvalue weighted by molar-refractivity contribution is 5.93. The summed E-state index contributed by atoms with van der Waals surface area (Å²) in [5.74, 6) is -5.03. The van der Waals surface area contributed by atoms with Gasteiger partial charge in [0.1, 0.15) is 23.9 Å². The molecule has 9 unspecified atom stereocenters. The average Bonchev–Trinajstić information content (AvgIpc) is 2.98. The number of carbonyl (C=O) groups excluding carboxylic acids is 4. The number of fused-ring (bicyclic) bond motifs is 5. The van der Waals surface area contributed by atoms with Crippen molar-refractivity contribution in [3.05, 3.63) is 47.0 Å². The van der Waals surface area contributed by atoms with Crippen LogP contribution in [0.2, 0.25) is 0 Å². The minimum atomic E-state index is -2.15. The van der Waals surface area contributed by atoms with E-state index in [-0.39, 0.29) is 24.0 Å². The number of aliphatic hydroxyl groups is 5. The van der Waals surface area contributed by atoms with Crippen molar-refractivity contribution < 1.29 is 54.2 Å². The summed E-state index contributed by atoms with van der Waals surface area (Å²) in [4.78, 5) is 52.6. The van der Waals surface area contributed by atoms with Crippen molar-refractivity contribution in [1.82, 2.24) is 5.32 Å². The quantitative estimate of drug-likeness (QED) is 0.191. The molecule has 1 aromatic rings. The molecular formula is C34H45NO11. The third-order valence-corrected chi connectivity index (χ3v) is 11.6. The lowest BCUT2D eigenvalue weighted by Crippen LogP contribution is -2.78. The fourth-order valence-electron chi connectivity index (χ4n) is 8.88. The lowest BCUT2D eigenvalue weighted by atomic mass is 9.41. The van der Waals surface area contributed by atoms with Crippen LogP contribution in [-0.2, 0) is 28.7 Å². The second-order valence-electron chi connectivity index (χ2n) is 14.3. The standard InChI is InChI=1S/C34H45NO11/c1-16-21(46-30(42)26(40)24(35-17(2)36)19-10-8-7-9-11-19)15-34(44)29(45-18(3)37)27-32(6,22(38)14-20-12-13-33(20,27)43)28(41)25(39)23(16)31(34,4)5/h7-11,20-22,24-27,29,38-40,43-44H,12-15H2,1-6H3,(H,35,36)/t20?,21?,22?,24?,25?,26?,27?,29?,32-,33+,34?/m1/s1. The second-order valence-corrected chi connectivity index (χ2v) is 14.3. The van der Waals surface area contributed by atoms with Crippen LogP contribution in [0.25, 0.3) is 0 Å². The van der Waals surface area contributed by atoms with E-state index in [1.165, 1.54) is 20.8 Å². The Labute approximate surface area is 267 Å². The number of aliphatic hydroxyl groups excluding tert-OH is 3. The van der Waals surface area contributed by atoms with E-state index in [0.717, 1.165) is 6.92 Å². The van der Waals surface area contributed by atoms with Crippen molar-refractivity contribution in [2.75, 3.05) is 0 Å². The molecule has 1 aromatic carbocycles. The van der Waals surface area contributed by atoms with Crippen LogP contribution < -0.4 is 5.32 Å². The van der Waals surface area contributed by atoms with Crippen molar-refractivity contribution in [3.63, 3.8) is 0 Å². The van der Waals surface area contributed by atoms with E-state index in [1.54, 1.807) is 44.2 Å². The maximum absolute atomic E-state index is 14.4. The zero-order chi connectivity index (χ0) is 34.1. The lowest BCUT2D eigenvalue weighted by molar-refractivity contribution is -0.295. The normalized spacial score (nSPS) is 39.3. The van der Waals surface area contributed by atoms with E-state index in [9.17, 15) is 44.7 Å². The molecule has 2 bridgehead atoms. The Hall–Kier alpha value is -3.16. The van der Waals surface area contributed by atoms with Gasteiger partial charge in [-0.3, -0.25) is 14.4 Å². The lowest BCUT2D eigenvalue weighted by Gasteiger charge is -2.67. The number of carbonyl (C=O) groups is 4. The molecule has 0 heterocycles. The van der Waals surface area contributed by atoms with E-state index in [1.807, 2.05) is 0 Å². The first-order valence-corrected chi connectivity index (χ1v) is 15.8. The topological polar surface area (TPSA) is 200 Å². The Morgan fingerprint density at radius 2 is 1.65 bits per heavy atom. The van der Waals surface area contributed by atoms with Crippen molar-refractivity contribution in [1.29, 1.82) is 0 Å². The van der Waals surface area contributed by atoms with Crippen LogP contribution >= 0.6 is 0 Å². The number of Topliss-reactive ketones (excluding diaryl/α,β-unsaturated/α-hetero) is 1. The summed E-state index contributed by atoms with van der Waals surface area (Å²) < 4.78 is 11.7. The molecule has 0 spiro atoms. The zero-order valence-corrected chi connectivity index (χ0v) is 27.0. The van der Waals surface area contributed by atoms with Crippen molar-refractivity contribution in [2.45, 2.75) is 115 Å². The van der Waals surface area contributed by atoms with E-state index in [0.29, 0.717) is 12.0 Å². The Morgan fingerprint density at radius 3 is 2.20 bits per heavy atom. The van der Waals surface area contributed by atoms with Gasteiger partial charge in [-0.05, 0) is 55.7 Å². The molecule has 3 fully saturated rings. The number of amides is 1. The molecular weight excluding hydrogens is 598 g/mol. The van der Waals surface area contributed by atoms with Gasteiger partial charge in [0.15, 0.2) is 11.9 Å². The van der Waals surface area contributed by atoms with Crippen LogP contribution in [0.1, 0.15) is 78.8 Å². The molecule has 0 radical (unpaired) electrons. The van der Waals surface area contributed by atoms with Crippen LogP contribution in [0.5, 0.6) is 0 Å². The Kier molecular flexibility index (Phi) is 8.56. The molecule has 252 valence electrons. The molecule has 6 N–H and O–H groups in total. The first-order chi connectivity index (χ1) is 21.3. The number of rotatable bonds is 6. The molecule has 0 saturated heterocycles. The summed E-state index contributed by atoms with van der Waals surface area (Å²) in [6.07, 6.45) is -7.53. The summed E-state index contributed by atoms with van der Waals surface area (Å²) in [6, 6.07) is 7.14. The fourth-order valence-corrected chi connectivity index (χ4v) is 8.88. The first kappa shape index (κ1) is 34.2. The van der Waals surface area contributed by atoms with E-state index in [4.69, 9.17) is 9.47 Å². The van der Waals surface area contributed by atoms with E-state index < -0.39 is 100 Å². The molecule has 11 atom stereocenters. The Balaban J connectivity index is 1.63. The average molecular weight is 644 g/mol. The van der Waals surface area contributed by atoms with Gasteiger partial charge in [-0.1, -0.05) is 44.2 Å². The molecule has 4 aliphatic rings. The summed E-state index contributed by atoms with van der Waals surface area (Å²) in [7, 11) is 0. The number of ketones is 1. The first-order valence-electron chi connectivity index (χ1n) is 15.8. The zero-order valence-electron chi connectivity index (χ0n) is 27.0. The van der Waals surface area contributed by atoms with Crippen LogP contribution in [-0.4, -0.2) is 90.9 Å². The summed E-state index contributed by atoms with van der Waals surface area (Å²) in [5, 5.41) is 61.8. The SMILES string of the molecule is CC(=O)NC(c1ccccc1)C(O)C(=O)OC1CC2(O)C(OC(C)=O)C3[C@]4(O)CCC4CC(O)[C@@]3(C)C(=O)C(O)C(=C1C)C2(C)C. The van der Waals surface area contributed by atoms with Crippen molar-refractivity contribution in [2.24, 2.45) is 22.7 Å². The molecule has 0 aliphatic heterocycles. The number of hydrogen-bond donors (Lipinski definition) is 6. The van der Waals surface area contributed by atoms with Gasteiger partial charge in [0.05, 0.1) is 23.2 Å². The summed E-state index contributed by atoms with van der Waals surface area (Å²) >= 11 is 0. The van der Waals surface area contributed by atoms with Gasteiger partial charge in [0, 0.05) is 31.6 Å². The van der Waals surface area contributed by atoms with Gasteiger partial charge < -0.3 is 40.3 Å². The second kappa shape index (κ2) is 11.5. The molecule has 3 saturated carbocycles. The number of benzene rings is 1. The number of nitrogens with one attached hydrogen (secondary N) is 1. The van der Waals surface area contributed by atoms with Gasteiger partial charge >= 0.3 is 11.9 Å². The monoisotopic (exact) mass is 643 g/mol. The molecule has 12 nitrogen and oxygen atoms in total. The van der Waals surface area contributed by atoms with Crippen molar-refractivity contribution >= 4 is 23.6 Å². The van der Waals surface area contributed by atoms with Crippen molar-refractivity contribution in [3.8, 4) is 0 Å². The summed E-state index contributed by atoms with van der Waals surface area (Å²) in [5.41, 5.74) is -6.36. The van der Waals surface area contributed by atoms with E-state index >= 15 is 0 Å². The number of ether oxygens (including phenoxy) is 2. The predicted octanol–water partition coefficient (Wildman–Crippen LogP) is 1.02. The van der Waals surface area contributed by atoms with E-state index in [2.05, 4.69) is 5.32 Å². The molecule has 12 heteroatoms. The van der Waals surface area contributed by atoms with Gasteiger partial charge in [0.2, 0.25) is 5.91 Å². The van der Waals surface area contributed by atoms with Crippen LogP contribution in [0, 0.1) is 22.7 Å². The van der Waals surface area contributed by atoms with Crippen LogP contribution in [0.3, 0.4) is 0 Å². The Morgan fingerprint density at radius 1 is 1.02 bits per heavy atom. The largest absolute Gasteiger partial charge is 0.459 e. The van der Waals surface area contributed by atoms with Crippen LogP contribution in [0.4, 0.5) is 0 Å². The smallest absolute Gasteiger partial charge is 0.338 e. The molecule has 5 rings (SSSR count). The fraction of sp³-hybridized carbons (Fsp3) is 0.647. The highest BCUT2D eigenvalue weighted by Gasteiger charge is 2.75. The van der Waals surface area contributed by atoms with Gasteiger partial charge in [-0.2, -0.15) is 0 Å². The predicted molar refractivity (Wildman–Crippen MR) is 161 cm³/mol. The highest BCUT2D eigenvalue weighted by atomic mass is 16.6. The number of hydrogen-bond acceptors (Lipinski definition) is 11. The minimum absolute atomic E-state index is 0.0201. The number of esters is 2. The Bertz CT molecular complexity index is 1460. The van der Waals surface area contributed by atoms with Gasteiger partial charge in [0.25, 0.3) is 0 Å². The minimum Gasteiger partial charge on any atom is -0.459 e. The van der Waals surface area contributed by atoms with Gasteiger partial charge in [-0.15, -0.1) is 0 Å². The maximum Gasteiger partial charge on any atom is 0.338 e. The third-order valence-electron chi connectivity index (χ3n) is 11.6. The van der Waals surface area contributed by atoms with Crippen LogP contribution in [0.15, 0.2) is 41.5 Å².